The molecule has 4 heterocycles. The summed E-state index contributed by atoms with van der Waals surface area (Å²) in [4.78, 5) is 13.3. The molecule has 174 valence electrons. The lowest BCUT2D eigenvalue weighted by Gasteiger charge is -2.22. The third-order valence-electron chi connectivity index (χ3n) is 5.78. The van der Waals surface area contributed by atoms with Crippen LogP contribution < -0.4 is 4.74 Å². The van der Waals surface area contributed by atoms with Crippen LogP contribution in [0.1, 0.15) is 47.4 Å². The third-order valence-corrected chi connectivity index (χ3v) is 5.78. The Labute approximate surface area is 193 Å². The summed E-state index contributed by atoms with van der Waals surface area (Å²) < 4.78 is 50.6. The van der Waals surface area contributed by atoms with Crippen molar-refractivity contribution in [1.82, 2.24) is 29.3 Å². The molecule has 0 aliphatic carbocycles. The van der Waals surface area contributed by atoms with E-state index < -0.39 is 23.4 Å². The highest BCUT2D eigenvalue weighted by atomic mass is 19.2. The Kier molecular flexibility index (Phi) is 5.64. The topological polar surface area (TPSA) is 70.7 Å². The molecule has 0 fully saturated rings. The van der Waals surface area contributed by atoms with E-state index in [9.17, 15) is 13.2 Å². The normalized spacial score (nSPS) is 15.6. The van der Waals surface area contributed by atoms with E-state index in [1.807, 2.05) is 29.8 Å². The maximum atomic E-state index is 14.4. The predicted octanol–water partition coefficient (Wildman–Crippen LogP) is 4.69. The SMILES string of the molecule is COc1nc(C=Cc2nc3n(n2)CCC[C@@H]3c2ccc(F)c(F)c2F)ccc1-n1cnc(C)c1. The highest BCUT2D eigenvalue weighted by Gasteiger charge is 2.29. The molecular weight excluding hydrogens is 445 g/mol. The fourth-order valence-electron chi connectivity index (χ4n) is 4.14. The Bertz CT molecular complexity index is 1390. The standard InChI is InChI=1S/C24H21F3N6O/c1-14-12-32(13-28-14)19-9-5-15(29-24(19)34-2)6-10-20-30-23-17(4-3-11-33(23)31-20)16-7-8-18(25)22(27)21(16)26/h5-10,12-13,17H,3-4,11H2,1-2H3/t17-/m1/s1. The second kappa shape index (κ2) is 8.77. The Morgan fingerprint density at radius 2 is 1.91 bits per heavy atom. The summed E-state index contributed by atoms with van der Waals surface area (Å²) in [6, 6.07) is 5.93. The number of benzene rings is 1. The van der Waals surface area contributed by atoms with Gasteiger partial charge in [0.1, 0.15) is 11.5 Å². The van der Waals surface area contributed by atoms with Crippen molar-refractivity contribution in [2.75, 3.05) is 7.11 Å². The Morgan fingerprint density at radius 1 is 1.06 bits per heavy atom. The number of methoxy groups -OCH3 is 1. The van der Waals surface area contributed by atoms with Crippen molar-refractivity contribution >= 4 is 12.2 Å². The Hall–Kier alpha value is -3.95. The van der Waals surface area contributed by atoms with Gasteiger partial charge in [-0.3, -0.25) is 0 Å². The molecule has 0 amide bonds. The molecule has 0 unspecified atom stereocenters. The van der Waals surface area contributed by atoms with E-state index in [1.54, 1.807) is 30.3 Å². The molecule has 1 atom stereocenters. The summed E-state index contributed by atoms with van der Waals surface area (Å²) >= 11 is 0. The molecule has 0 N–H and O–H groups in total. The van der Waals surface area contributed by atoms with Crippen LogP contribution >= 0.6 is 0 Å². The number of fused-ring (bicyclic) bond motifs is 1. The average molecular weight is 466 g/mol. The van der Waals surface area contributed by atoms with Crippen LogP contribution in [0.15, 0.2) is 36.8 Å². The molecule has 0 saturated heterocycles. The van der Waals surface area contributed by atoms with Crippen molar-refractivity contribution in [2.45, 2.75) is 32.2 Å². The van der Waals surface area contributed by atoms with Gasteiger partial charge in [-0.25, -0.2) is 32.8 Å². The second-order valence-electron chi connectivity index (χ2n) is 8.03. The van der Waals surface area contributed by atoms with E-state index in [0.29, 0.717) is 36.2 Å². The number of hydrogen-bond acceptors (Lipinski definition) is 5. The highest BCUT2D eigenvalue weighted by Crippen LogP contribution is 2.34. The third kappa shape index (κ3) is 3.95. The van der Waals surface area contributed by atoms with Crippen molar-refractivity contribution in [2.24, 2.45) is 0 Å². The molecule has 1 aliphatic heterocycles. The van der Waals surface area contributed by atoms with Gasteiger partial charge in [0.15, 0.2) is 23.3 Å². The smallest absolute Gasteiger partial charge is 0.238 e. The number of hydrogen-bond donors (Lipinski definition) is 0. The number of aryl methyl sites for hydroxylation is 2. The van der Waals surface area contributed by atoms with Gasteiger partial charge in [0, 0.05) is 24.2 Å². The fourth-order valence-corrected chi connectivity index (χ4v) is 4.14. The lowest BCUT2D eigenvalue weighted by atomic mass is 9.90. The molecule has 0 spiro atoms. The molecule has 5 rings (SSSR count). The number of rotatable bonds is 5. The monoisotopic (exact) mass is 466 g/mol. The zero-order chi connectivity index (χ0) is 23.8. The quantitative estimate of drug-likeness (QED) is 0.399. The Morgan fingerprint density at radius 3 is 2.68 bits per heavy atom. The number of aromatic nitrogens is 6. The summed E-state index contributed by atoms with van der Waals surface area (Å²) in [5, 5.41) is 4.48. The van der Waals surface area contributed by atoms with Gasteiger partial charge in [0.25, 0.3) is 0 Å². The van der Waals surface area contributed by atoms with Gasteiger partial charge in [0.05, 0.1) is 24.8 Å². The largest absolute Gasteiger partial charge is 0.479 e. The van der Waals surface area contributed by atoms with Crippen molar-refractivity contribution in [3.63, 3.8) is 0 Å². The van der Waals surface area contributed by atoms with Crippen LogP contribution in [-0.2, 0) is 6.54 Å². The van der Waals surface area contributed by atoms with E-state index in [0.717, 1.165) is 23.9 Å². The number of halogens is 3. The lowest BCUT2D eigenvalue weighted by Crippen LogP contribution is -2.19. The van der Waals surface area contributed by atoms with Gasteiger partial charge < -0.3 is 9.30 Å². The van der Waals surface area contributed by atoms with E-state index in [4.69, 9.17) is 4.74 Å². The molecular formula is C24H21F3N6O. The zero-order valence-electron chi connectivity index (χ0n) is 18.5. The van der Waals surface area contributed by atoms with Crippen LogP contribution in [0, 0.1) is 24.4 Å². The molecule has 0 bridgehead atoms. The van der Waals surface area contributed by atoms with Crippen LogP contribution in [0.25, 0.3) is 17.8 Å². The van der Waals surface area contributed by atoms with Gasteiger partial charge in [-0.05, 0) is 50.1 Å². The molecule has 0 saturated carbocycles. The van der Waals surface area contributed by atoms with E-state index in [2.05, 4.69) is 20.1 Å². The van der Waals surface area contributed by atoms with E-state index in [-0.39, 0.29) is 5.56 Å². The van der Waals surface area contributed by atoms with Crippen molar-refractivity contribution in [1.29, 1.82) is 0 Å². The molecule has 1 aromatic carbocycles. The average Bonchev–Trinajstić information content (AvgIpc) is 3.47. The number of imidazole rings is 1. The summed E-state index contributed by atoms with van der Waals surface area (Å²) in [7, 11) is 1.55. The molecule has 34 heavy (non-hydrogen) atoms. The Balaban J connectivity index is 1.43. The van der Waals surface area contributed by atoms with E-state index >= 15 is 0 Å². The first-order valence-corrected chi connectivity index (χ1v) is 10.8. The lowest BCUT2D eigenvalue weighted by molar-refractivity contribution is 0.395. The van der Waals surface area contributed by atoms with Crippen LogP contribution in [0.5, 0.6) is 5.88 Å². The molecule has 7 nitrogen and oxygen atoms in total. The predicted molar refractivity (Wildman–Crippen MR) is 119 cm³/mol. The number of pyridine rings is 1. The maximum Gasteiger partial charge on any atom is 0.238 e. The second-order valence-corrected chi connectivity index (χ2v) is 8.03. The summed E-state index contributed by atoms with van der Waals surface area (Å²) in [6.07, 6.45) is 8.30. The fraction of sp³-hybridized carbons (Fsp3) is 0.250. The molecule has 1 aliphatic rings. The van der Waals surface area contributed by atoms with Gasteiger partial charge in [-0.15, -0.1) is 0 Å². The van der Waals surface area contributed by atoms with Crippen molar-refractivity contribution in [3.8, 4) is 11.6 Å². The minimum absolute atomic E-state index is 0.0829. The summed E-state index contributed by atoms with van der Waals surface area (Å²) in [5.74, 6) is -2.99. The molecule has 3 aromatic heterocycles. The molecule has 10 heteroatoms. The molecule has 0 radical (unpaired) electrons. The zero-order valence-corrected chi connectivity index (χ0v) is 18.5. The first-order valence-electron chi connectivity index (χ1n) is 10.8. The number of nitrogens with zero attached hydrogens (tertiary/aromatic N) is 6. The minimum atomic E-state index is -1.47. The first-order chi connectivity index (χ1) is 16.4. The van der Waals surface area contributed by atoms with E-state index in [1.165, 1.54) is 6.07 Å². The highest BCUT2D eigenvalue weighted by molar-refractivity contribution is 5.65. The maximum absolute atomic E-state index is 14.4. The summed E-state index contributed by atoms with van der Waals surface area (Å²) in [6.45, 7) is 2.51. The van der Waals surface area contributed by atoms with Crippen LogP contribution in [-0.4, -0.2) is 36.4 Å². The summed E-state index contributed by atoms with van der Waals surface area (Å²) in [5.41, 5.74) is 2.35. The van der Waals surface area contributed by atoms with Crippen LogP contribution in [0.3, 0.4) is 0 Å². The van der Waals surface area contributed by atoms with Gasteiger partial charge in [0.2, 0.25) is 5.88 Å². The van der Waals surface area contributed by atoms with Crippen molar-refractivity contribution in [3.05, 3.63) is 82.8 Å². The first kappa shape index (κ1) is 21.9. The van der Waals surface area contributed by atoms with Gasteiger partial charge in [-0.1, -0.05) is 6.07 Å². The molecule has 4 aromatic rings. The van der Waals surface area contributed by atoms with Gasteiger partial charge >= 0.3 is 0 Å². The van der Waals surface area contributed by atoms with Crippen LogP contribution in [0.2, 0.25) is 0 Å². The van der Waals surface area contributed by atoms with Crippen LogP contribution in [0.4, 0.5) is 13.2 Å². The number of ether oxygens (including phenoxy) is 1. The minimum Gasteiger partial charge on any atom is -0.479 e. The van der Waals surface area contributed by atoms with Gasteiger partial charge in [-0.2, -0.15) is 5.10 Å². The van der Waals surface area contributed by atoms with Crippen molar-refractivity contribution < 1.29 is 17.9 Å².